The molecule has 60 heavy (non-hydrogen) atoms. The second-order valence-corrected chi connectivity index (χ2v) is 15.3. The Morgan fingerprint density at radius 2 is 0.917 bits per heavy atom. The number of rotatable bonds is 15. The Morgan fingerprint density at radius 1 is 0.517 bits per heavy atom. The molecule has 2 aromatic rings. The highest BCUT2D eigenvalue weighted by molar-refractivity contribution is 7.87. The number of hydrogen-bond donors (Lipinski definition) is 0. The topological polar surface area (TPSA) is 258 Å². The van der Waals surface area contributed by atoms with Crippen molar-refractivity contribution in [3.8, 4) is 0 Å². The van der Waals surface area contributed by atoms with Crippen molar-refractivity contribution in [1.29, 1.82) is 0 Å². The van der Waals surface area contributed by atoms with Gasteiger partial charge in [0, 0.05) is 79.0 Å². The summed E-state index contributed by atoms with van der Waals surface area (Å²) >= 11 is 0. The van der Waals surface area contributed by atoms with Crippen LogP contribution in [0.4, 0.5) is 5.69 Å². The van der Waals surface area contributed by atoms with E-state index in [2.05, 4.69) is 0 Å². The maximum atomic E-state index is 13.9. The monoisotopic (exact) mass is 869 g/mol. The highest BCUT2D eigenvalue weighted by atomic mass is 32.2. The standard InChI is InChI=1S/C38H47NO20S/c1-18(40)51-31-28(59-38(57-24(7)46)36(56-23(6)45)34(31)54-21(4)43)16-49-37-35(55-22(5)44)33(53-20(3)42)32(52-19(2)41)29(58-37)17-50-60(47,48)30-15-11-12-25-26(30)13-10-14-27(25)39(8)9/h10-15,28-29,31-38H,16-17H2,1-9H3/t28-,29-,31-,32-,33+,34+,35-,36-,37-,38+/m1/s1. The van der Waals surface area contributed by atoms with E-state index in [4.69, 9.17) is 51.6 Å². The van der Waals surface area contributed by atoms with Crippen LogP contribution in [-0.4, -0.2) is 139 Å². The predicted molar refractivity (Wildman–Crippen MR) is 200 cm³/mol. The highest BCUT2D eigenvalue weighted by Gasteiger charge is 2.56. The number of hydrogen-bond acceptors (Lipinski definition) is 21. The molecule has 4 rings (SSSR count). The molecular formula is C38H47NO20S. The van der Waals surface area contributed by atoms with Crippen LogP contribution in [0.3, 0.4) is 0 Å². The molecule has 0 radical (unpaired) electrons. The van der Waals surface area contributed by atoms with Crippen molar-refractivity contribution >= 4 is 68.4 Å². The van der Waals surface area contributed by atoms with E-state index in [9.17, 15) is 42.0 Å². The second kappa shape index (κ2) is 20.2. The van der Waals surface area contributed by atoms with E-state index in [0.717, 1.165) is 48.5 Å². The van der Waals surface area contributed by atoms with E-state index in [0.29, 0.717) is 16.5 Å². The first-order valence-corrected chi connectivity index (χ1v) is 19.7. The molecule has 0 bridgehead atoms. The minimum absolute atomic E-state index is 0.214. The first-order valence-electron chi connectivity index (χ1n) is 18.3. The summed E-state index contributed by atoms with van der Waals surface area (Å²) < 4.78 is 89.1. The second-order valence-electron chi connectivity index (χ2n) is 13.7. The molecule has 0 spiro atoms. The minimum Gasteiger partial charge on any atom is -0.456 e. The van der Waals surface area contributed by atoms with E-state index < -0.39 is 127 Å². The van der Waals surface area contributed by atoms with Gasteiger partial charge in [0.1, 0.15) is 17.1 Å². The fourth-order valence-electron chi connectivity index (χ4n) is 6.65. The van der Waals surface area contributed by atoms with Gasteiger partial charge in [0.05, 0.1) is 13.2 Å². The summed E-state index contributed by atoms with van der Waals surface area (Å²) in [6, 6.07) is 9.63. The lowest BCUT2D eigenvalue weighted by Crippen LogP contribution is -2.65. The molecule has 21 nitrogen and oxygen atoms in total. The van der Waals surface area contributed by atoms with E-state index >= 15 is 0 Å². The zero-order valence-electron chi connectivity index (χ0n) is 34.2. The molecule has 0 aromatic heterocycles. The van der Waals surface area contributed by atoms with Gasteiger partial charge in [-0.05, 0) is 12.1 Å². The number of esters is 7. The molecule has 0 saturated carbocycles. The Kier molecular flexibility index (Phi) is 15.9. The fraction of sp³-hybridized carbons (Fsp3) is 0.553. The predicted octanol–water partition coefficient (Wildman–Crippen LogP) is 1.23. The molecule has 2 aliphatic rings. The summed E-state index contributed by atoms with van der Waals surface area (Å²) in [6.45, 7) is 5.41. The number of carbonyl (C=O) groups is 7. The van der Waals surface area contributed by atoms with Crippen LogP contribution in [0.2, 0.25) is 0 Å². The maximum Gasteiger partial charge on any atom is 0.305 e. The average molecular weight is 870 g/mol. The van der Waals surface area contributed by atoms with Crippen LogP contribution in [0.1, 0.15) is 48.5 Å². The van der Waals surface area contributed by atoms with E-state index in [1.807, 2.05) is 0 Å². The largest absolute Gasteiger partial charge is 0.456 e. The molecule has 0 N–H and O–H groups in total. The van der Waals surface area contributed by atoms with Crippen molar-refractivity contribution in [3.05, 3.63) is 36.4 Å². The Labute approximate surface area is 344 Å². The number of carbonyl (C=O) groups excluding carboxylic acids is 7. The molecule has 2 fully saturated rings. The van der Waals surface area contributed by atoms with Crippen LogP contribution in [-0.2, 0) is 95.2 Å². The average Bonchev–Trinajstić information content (AvgIpc) is 3.12. The number of anilines is 1. The fourth-order valence-corrected chi connectivity index (χ4v) is 7.79. The van der Waals surface area contributed by atoms with Crippen molar-refractivity contribution in [1.82, 2.24) is 0 Å². The van der Waals surface area contributed by atoms with Gasteiger partial charge in [0.2, 0.25) is 12.4 Å². The molecule has 2 heterocycles. The van der Waals surface area contributed by atoms with Gasteiger partial charge in [-0.25, -0.2) is 0 Å². The van der Waals surface area contributed by atoms with E-state index in [1.165, 1.54) is 12.1 Å². The summed E-state index contributed by atoms with van der Waals surface area (Å²) in [7, 11) is -1.05. The Balaban J connectivity index is 1.75. The lowest BCUT2D eigenvalue weighted by Gasteiger charge is -2.46. The lowest BCUT2D eigenvalue weighted by molar-refractivity contribution is -0.330. The first kappa shape index (κ1) is 47.3. The molecule has 22 heteroatoms. The summed E-state index contributed by atoms with van der Waals surface area (Å²) in [5.41, 5.74) is 0.717. The van der Waals surface area contributed by atoms with Gasteiger partial charge in [0.25, 0.3) is 10.1 Å². The van der Waals surface area contributed by atoms with Crippen molar-refractivity contribution < 1.29 is 93.5 Å². The Morgan fingerprint density at radius 3 is 1.40 bits per heavy atom. The van der Waals surface area contributed by atoms with E-state index in [1.54, 1.807) is 43.3 Å². The molecule has 2 aromatic carbocycles. The quantitative estimate of drug-likeness (QED) is 0.138. The summed E-state index contributed by atoms with van der Waals surface area (Å²) in [4.78, 5) is 87.8. The van der Waals surface area contributed by atoms with Gasteiger partial charge in [0.15, 0.2) is 36.8 Å². The van der Waals surface area contributed by atoms with Crippen LogP contribution in [0.25, 0.3) is 10.8 Å². The zero-order chi connectivity index (χ0) is 44.6. The van der Waals surface area contributed by atoms with Gasteiger partial charge in [-0.3, -0.25) is 37.7 Å². The van der Waals surface area contributed by atoms with Crippen LogP contribution in [0.15, 0.2) is 41.3 Å². The molecule has 0 aliphatic carbocycles. The molecule has 10 atom stereocenters. The van der Waals surface area contributed by atoms with Gasteiger partial charge in [-0.15, -0.1) is 0 Å². The van der Waals surface area contributed by atoms with Crippen molar-refractivity contribution in [2.45, 2.75) is 115 Å². The Bertz CT molecular complexity index is 2050. The molecule has 0 amide bonds. The number of benzene rings is 2. The third-order valence-electron chi connectivity index (χ3n) is 8.70. The van der Waals surface area contributed by atoms with Crippen LogP contribution in [0.5, 0.6) is 0 Å². The van der Waals surface area contributed by atoms with Gasteiger partial charge < -0.3 is 52.3 Å². The van der Waals surface area contributed by atoms with Gasteiger partial charge in [-0.2, -0.15) is 8.42 Å². The lowest BCUT2D eigenvalue weighted by atomic mass is 9.97. The molecule has 2 aliphatic heterocycles. The van der Waals surface area contributed by atoms with Crippen LogP contribution >= 0.6 is 0 Å². The normalized spacial score (nSPS) is 26.5. The summed E-state index contributed by atoms with van der Waals surface area (Å²) in [6.07, 6.45) is -16.9. The van der Waals surface area contributed by atoms with E-state index in [-0.39, 0.29) is 4.90 Å². The van der Waals surface area contributed by atoms with Crippen molar-refractivity contribution in [2.24, 2.45) is 0 Å². The molecular weight excluding hydrogens is 822 g/mol. The molecule has 2 saturated heterocycles. The first-order chi connectivity index (χ1) is 28.1. The molecule has 0 unspecified atom stereocenters. The van der Waals surface area contributed by atoms with Gasteiger partial charge in [-0.1, -0.05) is 24.3 Å². The summed E-state index contributed by atoms with van der Waals surface area (Å²) in [5.74, 6) is -6.53. The minimum atomic E-state index is -4.63. The smallest absolute Gasteiger partial charge is 0.305 e. The Hall–Kier alpha value is -5.42. The summed E-state index contributed by atoms with van der Waals surface area (Å²) in [5, 5.41) is 0.915. The molecule has 330 valence electrons. The third kappa shape index (κ3) is 12.1. The van der Waals surface area contributed by atoms with Crippen LogP contribution < -0.4 is 4.90 Å². The number of nitrogens with zero attached hydrogens (tertiary/aromatic N) is 1. The van der Waals surface area contributed by atoms with Crippen molar-refractivity contribution in [2.75, 3.05) is 32.2 Å². The number of ether oxygens (including phenoxy) is 10. The van der Waals surface area contributed by atoms with Crippen molar-refractivity contribution in [3.63, 3.8) is 0 Å². The van der Waals surface area contributed by atoms with Gasteiger partial charge >= 0.3 is 41.8 Å². The SMILES string of the molecule is CC(=O)O[C@H]1O[C@H](CO[C@@H]2O[C@H](COS(=O)(=O)c3cccc4c(N(C)C)cccc34)[C@@H](OC(C)=O)[C@H](OC(C)=O)[C@H]2OC(C)=O)[C@@H](OC(C)=O)[C@H](OC(C)=O)[C@H]1OC(C)=O. The maximum absolute atomic E-state index is 13.9. The highest BCUT2D eigenvalue weighted by Crippen LogP contribution is 2.35. The number of fused-ring (bicyclic) bond motifs is 1. The zero-order valence-corrected chi connectivity index (χ0v) is 35.0. The van der Waals surface area contributed by atoms with Crippen LogP contribution in [0, 0.1) is 0 Å². The third-order valence-corrected chi connectivity index (χ3v) is 10.0.